The molecule has 4 fully saturated rings. The fraction of sp³-hybridized carbons (Fsp3) is 0.862. The van der Waals surface area contributed by atoms with Crippen molar-refractivity contribution in [1.29, 1.82) is 0 Å². The Morgan fingerprint density at radius 1 is 0.966 bits per heavy atom. The lowest BCUT2D eigenvalue weighted by Gasteiger charge is -2.57. The van der Waals surface area contributed by atoms with Gasteiger partial charge in [-0.15, -0.1) is 0 Å². The highest BCUT2D eigenvalue weighted by Crippen LogP contribution is 2.80. The molecule has 0 nitrogen and oxygen atoms in total. The first-order valence-electron chi connectivity index (χ1n) is 13.1. The fourth-order valence-corrected chi connectivity index (χ4v) is 9.72. The van der Waals surface area contributed by atoms with Crippen LogP contribution in [0.25, 0.3) is 0 Å². The summed E-state index contributed by atoms with van der Waals surface area (Å²) in [5, 5.41) is 0. The Hall–Kier alpha value is -0.520. The van der Waals surface area contributed by atoms with Crippen molar-refractivity contribution in [1.82, 2.24) is 0 Å². The molecule has 0 aromatic rings. The highest BCUT2D eigenvalue weighted by atomic mass is 14.8. The van der Waals surface area contributed by atoms with E-state index >= 15 is 0 Å². The summed E-state index contributed by atoms with van der Waals surface area (Å²) < 4.78 is 0. The van der Waals surface area contributed by atoms with Crippen LogP contribution < -0.4 is 0 Å². The largest absolute Gasteiger partial charge is 0.0851 e. The maximum absolute atomic E-state index is 2.77. The molecule has 162 valence electrons. The van der Waals surface area contributed by atoms with E-state index in [4.69, 9.17) is 0 Å². The van der Waals surface area contributed by atoms with Crippen molar-refractivity contribution in [3.05, 3.63) is 24.3 Å². The molecule has 0 aromatic carbocycles. The van der Waals surface area contributed by atoms with Gasteiger partial charge in [0.1, 0.15) is 0 Å². The SMILES string of the molecule is CCC(/C=C/C(C)C1CCC2C3C=CC45CC4CCC5(C)C3CCC12C)C(C)C. The Bertz CT molecular complexity index is 699. The number of hydrogen-bond donors (Lipinski definition) is 0. The summed E-state index contributed by atoms with van der Waals surface area (Å²) in [4.78, 5) is 0. The molecule has 1 spiro atoms. The second-order valence-corrected chi connectivity index (χ2v) is 12.8. The van der Waals surface area contributed by atoms with Crippen molar-refractivity contribution in [3.8, 4) is 0 Å². The Morgan fingerprint density at radius 3 is 2.45 bits per heavy atom. The van der Waals surface area contributed by atoms with Crippen LogP contribution in [0.2, 0.25) is 0 Å². The highest BCUT2D eigenvalue weighted by molar-refractivity contribution is 5.32. The summed E-state index contributed by atoms with van der Waals surface area (Å²) in [6.45, 7) is 15.1. The van der Waals surface area contributed by atoms with Gasteiger partial charge in [-0.05, 0) is 115 Å². The van der Waals surface area contributed by atoms with Crippen LogP contribution in [0.5, 0.6) is 0 Å². The van der Waals surface area contributed by atoms with Crippen LogP contribution in [-0.2, 0) is 0 Å². The zero-order valence-corrected chi connectivity index (χ0v) is 20.1. The molecular weight excluding hydrogens is 348 g/mol. The van der Waals surface area contributed by atoms with Gasteiger partial charge in [0.15, 0.2) is 0 Å². The summed E-state index contributed by atoms with van der Waals surface area (Å²) in [6, 6.07) is 0. The third-order valence-electron chi connectivity index (χ3n) is 11.7. The maximum atomic E-state index is 2.77. The van der Waals surface area contributed by atoms with Gasteiger partial charge < -0.3 is 0 Å². The van der Waals surface area contributed by atoms with Gasteiger partial charge in [-0.1, -0.05) is 65.8 Å². The molecule has 0 bridgehead atoms. The normalized spacial score (nSPS) is 52.2. The Morgan fingerprint density at radius 2 is 1.76 bits per heavy atom. The summed E-state index contributed by atoms with van der Waals surface area (Å²) in [6.07, 6.45) is 22.5. The standard InChI is InChI=1S/C29H46/c1-7-21(19(2)3)9-8-20(4)24-10-11-25-23-13-17-29-18-22(29)12-16-28(29,6)26(23)14-15-27(24,25)5/h8-9,13,17,19-26H,7,10-12,14-16,18H2,1-6H3/b9-8+. The van der Waals surface area contributed by atoms with Gasteiger partial charge in [-0.2, -0.15) is 0 Å². The minimum Gasteiger partial charge on any atom is -0.0851 e. The van der Waals surface area contributed by atoms with Crippen molar-refractivity contribution >= 4 is 0 Å². The van der Waals surface area contributed by atoms with E-state index in [2.05, 4.69) is 65.8 Å². The number of fused-ring (bicyclic) bond motifs is 4. The minimum absolute atomic E-state index is 0.567. The molecule has 0 N–H and O–H groups in total. The van der Waals surface area contributed by atoms with Gasteiger partial charge in [0.05, 0.1) is 0 Å². The molecule has 10 unspecified atom stereocenters. The predicted molar refractivity (Wildman–Crippen MR) is 124 cm³/mol. The quantitative estimate of drug-likeness (QED) is 0.411. The molecule has 10 atom stereocenters. The average Bonchev–Trinajstić information content (AvgIpc) is 3.16. The van der Waals surface area contributed by atoms with Crippen molar-refractivity contribution in [2.75, 3.05) is 0 Å². The van der Waals surface area contributed by atoms with E-state index in [0.717, 1.165) is 47.3 Å². The van der Waals surface area contributed by atoms with Crippen molar-refractivity contribution in [2.24, 2.45) is 63.6 Å². The monoisotopic (exact) mass is 394 g/mol. The number of rotatable bonds is 5. The fourth-order valence-electron chi connectivity index (χ4n) is 9.72. The first kappa shape index (κ1) is 20.4. The second kappa shape index (κ2) is 6.74. The lowest BCUT2D eigenvalue weighted by molar-refractivity contribution is -0.0501. The van der Waals surface area contributed by atoms with Crippen LogP contribution in [0.15, 0.2) is 24.3 Å². The Kier molecular flexibility index (Phi) is 4.74. The highest BCUT2D eigenvalue weighted by Gasteiger charge is 2.72. The predicted octanol–water partition coefficient (Wildman–Crippen LogP) is 8.30. The van der Waals surface area contributed by atoms with Crippen LogP contribution in [0.3, 0.4) is 0 Å². The van der Waals surface area contributed by atoms with Gasteiger partial charge in [0, 0.05) is 0 Å². The molecule has 0 heteroatoms. The van der Waals surface area contributed by atoms with Gasteiger partial charge in [0.25, 0.3) is 0 Å². The molecule has 0 aliphatic heterocycles. The molecule has 0 heterocycles. The zero-order valence-electron chi connectivity index (χ0n) is 20.1. The lowest BCUT2D eigenvalue weighted by Crippen LogP contribution is -2.50. The average molecular weight is 395 g/mol. The van der Waals surface area contributed by atoms with E-state index in [0.29, 0.717) is 16.2 Å². The van der Waals surface area contributed by atoms with Gasteiger partial charge in [-0.3, -0.25) is 0 Å². The van der Waals surface area contributed by atoms with E-state index in [-0.39, 0.29) is 0 Å². The number of hydrogen-bond acceptors (Lipinski definition) is 0. The van der Waals surface area contributed by atoms with E-state index in [1.54, 1.807) is 0 Å². The molecule has 5 aliphatic rings. The third kappa shape index (κ3) is 2.69. The Balaban J connectivity index is 1.36. The molecule has 0 aromatic heterocycles. The lowest BCUT2D eigenvalue weighted by atomic mass is 9.48. The topological polar surface area (TPSA) is 0 Å². The first-order valence-corrected chi connectivity index (χ1v) is 13.1. The van der Waals surface area contributed by atoms with Crippen LogP contribution in [-0.4, -0.2) is 0 Å². The van der Waals surface area contributed by atoms with Gasteiger partial charge in [0.2, 0.25) is 0 Å². The summed E-state index contributed by atoms with van der Waals surface area (Å²) in [5.74, 6) is 7.00. The first-order chi connectivity index (χ1) is 13.8. The van der Waals surface area contributed by atoms with Gasteiger partial charge in [-0.25, -0.2) is 0 Å². The molecule has 5 aliphatic carbocycles. The van der Waals surface area contributed by atoms with E-state index in [9.17, 15) is 0 Å². The molecule has 29 heavy (non-hydrogen) atoms. The summed E-state index contributed by atoms with van der Waals surface area (Å²) in [7, 11) is 0. The third-order valence-corrected chi connectivity index (χ3v) is 11.7. The van der Waals surface area contributed by atoms with Crippen molar-refractivity contribution in [2.45, 2.75) is 92.9 Å². The number of allylic oxidation sites excluding steroid dienone is 4. The molecular formula is C29H46. The minimum atomic E-state index is 0.567. The van der Waals surface area contributed by atoms with Crippen LogP contribution in [0, 0.1) is 63.6 Å². The molecule has 0 saturated heterocycles. The van der Waals surface area contributed by atoms with E-state index in [1.165, 1.54) is 51.4 Å². The van der Waals surface area contributed by atoms with Crippen LogP contribution in [0.1, 0.15) is 92.9 Å². The van der Waals surface area contributed by atoms with Crippen molar-refractivity contribution in [3.63, 3.8) is 0 Å². The van der Waals surface area contributed by atoms with Crippen LogP contribution >= 0.6 is 0 Å². The maximum Gasteiger partial charge on any atom is -0.00300 e. The smallest absolute Gasteiger partial charge is 0.00300 e. The van der Waals surface area contributed by atoms with Crippen molar-refractivity contribution < 1.29 is 0 Å². The molecule has 0 radical (unpaired) electrons. The Labute approximate surface area is 181 Å². The van der Waals surface area contributed by atoms with E-state index < -0.39 is 0 Å². The molecule has 5 rings (SSSR count). The zero-order chi connectivity index (χ0) is 20.6. The van der Waals surface area contributed by atoms with Crippen LogP contribution in [0.4, 0.5) is 0 Å². The van der Waals surface area contributed by atoms with E-state index in [1.807, 2.05) is 0 Å². The molecule has 4 saturated carbocycles. The summed E-state index contributed by atoms with van der Waals surface area (Å²) >= 11 is 0. The van der Waals surface area contributed by atoms with Gasteiger partial charge >= 0.3 is 0 Å². The summed E-state index contributed by atoms with van der Waals surface area (Å²) in [5.41, 5.74) is 1.84. The molecule has 0 amide bonds. The second-order valence-electron chi connectivity index (χ2n) is 12.8.